The number of sulfonamides is 1. The fourth-order valence-corrected chi connectivity index (χ4v) is 0.965. The number of rotatable bonds is 3. The standard InChI is InChI=1S/C3H8N2O4S/c4-2(3(6)7)1-10(5,8)9/h2H,1,4H2,(H,6,7)(H2,5,8,9)/t2-/m0/s1. The van der Waals surface area contributed by atoms with Crippen molar-refractivity contribution in [2.75, 3.05) is 5.75 Å². The number of aliphatic carboxylic acids is 1. The molecule has 0 unspecified atom stereocenters. The zero-order valence-electron chi connectivity index (χ0n) is 5.02. The highest BCUT2D eigenvalue weighted by atomic mass is 32.2. The van der Waals surface area contributed by atoms with Gasteiger partial charge in [-0.1, -0.05) is 0 Å². The van der Waals surface area contributed by atoms with Crippen molar-refractivity contribution in [1.29, 1.82) is 0 Å². The van der Waals surface area contributed by atoms with Gasteiger partial charge >= 0.3 is 5.97 Å². The lowest BCUT2D eigenvalue weighted by Crippen LogP contribution is -2.39. The summed E-state index contributed by atoms with van der Waals surface area (Å²) in [5, 5.41) is 12.6. The first-order valence-electron chi connectivity index (χ1n) is 2.32. The minimum absolute atomic E-state index is 0.734. The Morgan fingerprint density at radius 1 is 1.60 bits per heavy atom. The molecule has 6 nitrogen and oxygen atoms in total. The lowest BCUT2D eigenvalue weighted by Gasteiger charge is -2.01. The topological polar surface area (TPSA) is 123 Å². The van der Waals surface area contributed by atoms with E-state index in [1.807, 2.05) is 0 Å². The first-order chi connectivity index (χ1) is 4.33. The molecular weight excluding hydrogens is 160 g/mol. The van der Waals surface area contributed by atoms with Crippen molar-refractivity contribution < 1.29 is 18.3 Å². The Kier molecular flexibility index (Phi) is 2.76. The van der Waals surface area contributed by atoms with Crippen LogP contribution in [-0.4, -0.2) is 31.3 Å². The number of carboxylic acids is 1. The first kappa shape index (κ1) is 9.34. The lowest BCUT2D eigenvalue weighted by molar-refractivity contribution is -0.137. The minimum atomic E-state index is -3.77. The van der Waals surface area contributed by atoms with Gasteiger partial charge in [-0.2, -0.15) is 0 Å². The maximum Gasteiger partial charge on any atom is 0.321 e. The van der Waals surface area contributed by atoms with Crippen LogP contribution in [0.25, 0.3) is 0 Å². The second-order valence-electron chi connectivity index (χ2n) is 1.77. The highest BCUT2D eigenvalue weighted by Crippen LogP contribution is 1.83. The van der Waals surface area contributed by atoms with Gasteiger partial charge in [-0.25, -0.2) is 13.6 Å². The summed E-state index contributed by atoms with van der Waals surface area (Å²) in [7, 11) is -3.77. The second kappa shape index (κ2) is 2.95. The van der Waals surface area contributed by atoms with Gasteiger partial charge in [0.05, 0.1) is 5.75 Å². The van der Waals surface area contributed by atoms with Crippen molar-refractivity contribution in [1.82, 2.24) is 0 Å². The van der Waals surface area contributed by atoms with E-state index in [0.29, 0.717) is 0 Å². The summed E-state index contributed by atoms with van der Waals surface area (Å²) in [6.45, 7) is 0. The first-order valence-corrected chi connectivity index (χ1v) is 4.03. The summed E-state index contributed by atoms with van der Waals surface area (Å²) >= 11 is 0. The Morgan fingerprint density at radius 3 is 2.10 bits per heavy atom. The van der Waals surface area contributed by atoms with Crippen molar-refractivity contribution in [2.45, 2.75) is 6.04 Å². The SMILES string of the molecule is N[C@@H](CS(N)(=O)=O)C(=O)O. The number of nitrogens with two attached hydrogens (primary N) is 2. The van der Waals surface area contributed by atoms with Crippen molar-refractivity contribution >= 4 is 16.0 Å². The number of carboxylic acid groups (broad SMARTS) is 1. The molecule has 0 aromatic carbocycles. The van der Waals surface area contributed by atoms with Gasteiger partial charge in [0, 0.05) is 0 Å². The lowest BCUT2D eigenvalue weighted by atomic mass is 10.4. The molecule has 0 aliphatic rings. The summed E-state index contributed by atoms with van der Waals surface area (Å²) in [6.07, 6.45) is 0. The van der Waals surface area contributed by atoms with Crippen molar-refractivity contribution in [3.63, 3.8) is 0 Å². The maximum absolute atomic E-state index is 10.2. The molecule has 1 atom stereocenters. The molecule has 0 bridgehead atoms. The molecule has 5 N–H and O–H groups in total. The van der Waals surface area contributed by atoms with Crippen LogP contribution in [0.1, 0.15) is 0 Å². The summed E-state index contributed by atoms with van der Waals surface area (Å²) < 4.78 is 20.4. The van der Waals surface area contributed by atoms with Gasteiger partial charge in [0.25, 0.3) is 0 Å². The maximum atomic E-state index is 10.2. The monoisotopic (exact) mass is 168 g/mol. The molecule has 0 fully saturated rings. The van der Waals surface area contributed by atoms with Gasteiger partial charge in [0.1, 0.15) is 6.04 Å². The summed E-state index contributed by atoms with van der Waals surface area (Å²) in [6, 6.07) is -1.44. The smallest absolute Gasteiger partial charge is 0.321 e. The molecule has 0 radical (unpaired) electrons. The Morgan fingerprint density at radius 2 is 2.00 bits per heavy atom. The Bertz CT molecular complexity index is 221. The third kappa shape index (κ3) is 4.24. The van der Waals surface area contributed by atoms with E-state index >= 15 is 0 Å². The summed E-state index contributed by atoms with van der Waals surface area (Å²) in [5.41, 5.74) is 4.84. The van der Waals surface area contributed by atoms with Gasteiger partial charge in [-0.15, -0.1) is 0 Å². The van der Waals surface area contributed by atoms with Crippen molar-refractivity contribution in [3.8, 4) is 0 Å². The van der Waals surface area contributed by atoms with Crippen LogP contribution in [0.15, 0.2) is 0 Å². The number of primary sulfonamides is 1. The molecule has 0 saturated carbocycles. The van der Waals surface area contributed by atoms with Crippen LogP contribution in [0.4, 0.5) is 0 Å². The molecule has 60 valence electrons. The second-order valence-corrected chi connectivity index (χ2v) is 3.43. The summed E-state index contributed by atoms with van der Waals surface area (Å²) in [4.78, 5) is 9.93. The summed E-state index contributed by atoms with van der Waals surface area (Å²) in [5.74, 6) is -2.11. The predicted molar refractivity (Wildman–Crippen MR) is 33.6 cm³/mol. The van der Waals surface area contributed by atoms with Crippen LogP contribution in [0.2, 0.25) is 0 Å². The van der Waals surface area contributed by atoms with E-state index in [0.717, 1.165) is 0 Å². The Hall–Kier alpha value is -0.660. The highest BCUT2D eigenvalue weighted by molar-refractivity contribution is 7.89. The molecule has 0 spiro atoms. The molecule has 0 aliphatic carbocycles. The van der Waals surface area contributed by atoms with Crippen LogP contribution < -0.4 is 10.9 Å². The van der Waals surface area contributed by atoms with Crippen LogP contribution in [0, 0.1) is 0 Å². The van der Waals surface area contributed by atoms with Crippen LogP contribution in [0.3, 0.4) is 0 Å². The molecular formula is C3H8N2O4S. The predicted octanol–water partition coefficient (Wildman–Crippen LogP) is -2.31. The molecule has 0 aliphatic heterocycles. The van der Waals surface area contributed by atoms with E-state index in [9.17, 15) is 13.2 Å². The average Bonchev–Trinajstić information content (AvgIpc) is 1.60. The van der Waals surface area contributed by atoms with Crippen LogP contribution in [0.5, 0.6) is 0 Å². The Labute approximate surface area is 57.9 Å². The van der Waals surface area contributed by atoms with Gasteiger partial charge in [0.2, 0.25) is 10.0 Å². The molecule has 0 heterocycles. The Balaban J connectivity index is 4.06. The fraction of sp³-hybridized carbons (Fsp3) is 0.667. The van der Waals surface area contributed by atoms with E-state index in [1.54, 1.807) is 0 Å². The van der Waals surface area contributed by atoms with Gasteiger partial charge in [-0.3, -0.25) is 4.79 Å². The number of carbonyl (C=O) groups is 1. The number of hydrogen-bond acceptors (Lipinski definition) is 4. The third-order valence-corrected chi connectivity index (χ3v) is 1.55. The molecule has 10 heavy (non-hydrogen) atoms. The normalized spacial score (nSPS) is 14.6. The van der Waals surface area contributed by atoms with E-state index in [1.165, 1.54) is 0 Å². The number of hydrogen-bond donors (Lipinski definition) is 3. The quantitative estimate of drug-likeness (QED) is 0.436. The highest BCUT2D eigenvalue weighted by Gasteiger charge is 2.17. The van der Waals surface area contributed by atoms with E-state index in [-0.39, 0.29) is 0 Å². The zero-order chi connectivity index (χ0) is 8.36. The third-order valence-electron chi connectivity index (χ3n) is 0.729. The van der Waals surface area contributed by atoms with Crippen LogP contribution in [-0.2, 0) is 14.8 Å². The van der Waals surface area contributed by atoms with E-state index in [4.69, 9.17) is 10.8 Å². The fourth-order valence-electron chi connectivity index (χ4n) is 0.322. The van der Waals surface area contributed by atoms with Gasteiger partial charge in [0.15, 0.2) is 0 Å². The van der Waals surface area contributed by atoms with E-state index in [2.05, 4.69) is 5.14 Å². The minimum Gasteiger partial charge on any atom is -0.480 e. The molecule has 0 aromatic rings. The van der Waals surface area contributed by atoms with Crippen molar-refractivity contribution in [2.24, 2.45) is 10.9 Å². The molecule has 7 heteroatoms. The molecule has 0 saturated heterocycles. The average molecular weight is 168 g/mol. The molecule has 0 rings (SSSR count). The van der Waals surface area contributed by atoms with Crippen molar-refractivity contribution in [3.05, 3.63) is 0 Å². The van der Waals surface area contributed by atoms with Gasteiger partial charge < -0.3 is 10.8 Å². The van der Waals surface area contributed by atoms with E-state index < -0.39 is 27.8 Å². The zero-order valence-corrected chi connectivity index (χ0v) is 5.84. The molecule has 0 aromatic heterocycles. The molecule has 0 amide bonds. The van der Waals surface area contributed by atoms with Crippen LogP contribution >= 0.6 is 0 Å². The van der Waals surface area contributed by atoms with Gasteiger partial charge in [-0.05, 0) is 0 Å². The largest absolute Gasteiger partial charge is 0.480 e.